The molecule has 0 saturated heterocycles. The van der Waals surface area contributed by atoms with E-state index in [0.717, 1.165) is 19.3 Å². The molecule has 1 rings (SSSR count). The molecule has 15 heavy (non-hydrogen) atoms. The van der Waals surface area contributed by atoms with Crippen LogP contribution in [0.4, 0.5) is 0 Å². The molecule has 2 N–H and O–H groups in total. The lowest BCUT2D eigenvalue weighted by Gasteiger charge is -2.23. The Kier molecular flexibility index (Phi) is 4.57. The molecule has 84 valence electrons. The highest BCUT2D eigenvalue weighted by Gasteiger charge is 2.30. The van der Waals surface area contributed by atoms with Gasteiger partial charge in [-0.05, 0) is 26.2 Å². The molecule has 4 heteroatoms. The predicted molar refractivity (Wildman–Crippen MR) is 57.8 cm³/mol. The van der Waals surface area contributed by atoms with Gasteiger partial charge in [-0.15, -0.1) is 0 Å². The Labute approximate surface area is 91.0 Å². The van der Waals surface area contributed by atoms with Crippen molar-refractivity contribution in [2.75, 3.05) is 13.1 Å². The fraction of sp³-hybridized carbons (Fsp3) is 0.818. The first kappa shape index (κ1) is 12.0. The molecule has 1 amide bonds. The molecule has 0 aromatic carbocycles. The Morgan fingerprint density at radius 3 is 2.80 bits per heavy atom. The van der Waals surface area contributed by atoms with Gasteiger partial charge in [0.2, 0.25) is 5.91 Å². The molecule has 4 nitrogen and oxygen atoms in total. The minimum absolute atomic E-state index is 0.0960. The average Bonchev–Trinajstić information content (AvgIpc) is 2.65. The topological polar surface area (TPSA) is 70.1 Å². The van der Waals surface area contributed by atoms with E-state index in [9.17, 15) is 4.79 Å². The molecule has 1 aliphatic rings. The van der Waals surface area contributed by atoms with E-state index in [1.807, 2.05) is 6.92 Å². The molecule has 0 heterocycles. The van der Waals surface area contributed by atoms with Crippen LogP contribution >= 0.6 is 0 Å². The third kappa shape index (κ3) is 3.21. The second-order valence-corrected chi connectivity index (χ2v) is 4.10. The van der Waals surface area contributed by atoms with Gasteiger partial charge in [0, 0.05) is 25.0 Å². The van der Waals surface area contributed by atoms with Crippen LogP contribution in [0.2, 0.25) is 0 Å². The summed E-state index contributed by atoms with van der Waals surface area (Å²) in [5.41, 5.74) is 5.78. The van der Waals surface area contributed by atoms with Gasteiger partial charge < -0.3 is 10.6 Å². The SMILES string of the molecule is CCN(CCC#N)C(=O)C1CCC(N)C1. The van der Waals surface area contributed by atoms with Gasteiger partial charge in [0.25, 0.3) is 0 Å². The first-order valence-electron chi connectivity index (χ1n) is 5.60. The standard InChI is InChI=1S/C11H19N3O/c1-2-14(7-3-6-12)11(15)9-4-5-10(13)8-9/h9-10H,2-5,7-8,13H2,1H3. The molecule has 0 aliphatic heterocycles. The molecule has 0 aromatic rings. The van der Waals surface area contributed by atoms with Crippen LogP contribution in [0.15, 0.2) is 0 Å². The minimum atomic E-state index is 0.0960. The Morgan fingerprint density at radius 2 is 2.33 bits per heavy atom. The number of hydrogen-bond acceptors (Lipinski definition) is 3. The van der Waals surface area contributed by atoms with Gasteiger partial charge in [-0.25, -0.2) is 0 Å². The second kappa shape index (κ2) is 5.72. The Hall–Kier alpha value is -1.08. The van der Waals surface area contributed by atoms with E-state index in [1.54, 1.807) is 4.90 Å². The first-order valence-corrected chi connectivity index (χ1v) is 5.60. The smallest absolute Gasteiger partial charge is 0.225 e. The number of amides is 1. The number of nitriles is 1. The average molecular weight is 209 g/mol. The van der Waals surface area contributed by atoms with Crippen LogP contribution in [0, 0.1) is 17.2 Å². The maximum absolute atomic E-state index is 12.0. The van der Waals surface area contributed by atoms with Crippen molar-refractivity contribution in [3.8, 4) is 6.07 Å². The predicted octanol–water partition coefficient (Wildman–Crippen LogP) is 0.876. The van der Waals surface area contributed by atoms with Gasteiger partial charge in [0.1, 0.15) is 0 Å². The van der Waals surface area contributed by atoms with Gasteiger partial charge in [-0.3, -0.25) is 4.79 Å². The number of nitrogens with zero attached hydrogens (tertiary/aromatic N) is 2. The summed E-state index contributed by atoms with van der Waals surface area (Å²) in [4.78, 5) is 13.8. The van der Waals surface area contributed by atoms with E-state index in [1.165, 1.54) is 0 Å². The number of carbonyl (C=O) groups excluding carboxylic acids is 1. The molecule has 0 spiro atoms. The van der Waals surface area contributed by atoms with Crippen LogP contribution < -0.4 is 5.73 Å². The molecule has 2 atom stereocenters. The summed E-state index contributed by atoms with van der Waals surface area (Å²) >= 11 is 0. The molecule has 0 aromatic heterocycles. The molecule has 1 aliphatic carbocycles. The Morgan fingerprint density at radius 1 is 1.60 bits per heavy atom. The summed E-state index contributed by atoms with van der Waals surface area (Å²) in [5, 5.41) is 8.49. The highest BCUT2D eigenvalue weighted by atomic mass is 16.2. The summed E-state index contributed by atoms with van der Waals surface area (Å²) in [7, 11) is 0. The number of hydrogen-bond donors (Lipinski definition) is 1. The molecule has 0 bridgehead atoms. The van der Waals surface area contributed by atoms with Crippen LogP contribution in [0.3, 0.4) is 0 Å². The molecule has 1 saturated carbocycles. The van der Waals surface area contributed by atoms with E-state index < -0.39 is 0 Å². The lowest BCUT2D eigenvalue weighted by Crippen LogP contribution is -2.36. The third-order valence-corrected chi connectivity index (χ3v) is 3.01. The van der Waals surface area contributed by atoms with Crippen molar-refractivity contribution in [1.82, 2.24) is 4.90 Å². The summed E-state index contributed by atoms with van der Waals surface area (Å²) < 4.78 is 0. The molecule has 0 radical (unpaired) electrons. The zero-order valence-electron chi connectivity index (χ0n) is 9.28. The second-order valence-electron chi connectivity index (χ2n) is 4.10. The third-order valence-electron chi connectivity index (χ3n) is 3.01. The highest BCUT2D eigenvalue weighted by molar-refractivity contribution is 5.79. The van der Waals surface area contributed by atoms with Crippen molar-refractivity contribution in [3.05, 3.63) is 0 Å². The molecule has 2 unspecified atom stereocenters. The normalized spacial score (nSPS) is 24.9. The zero-order valence-corrected chi connectivity index (χ0v) is 9.28. The zero-order chi connectivity index (χ0) is 11.3. The summed E-state index contributed by atoms with van der Waals surface area (Å²) in [6.07, 6.45) is 3.08. The minimum Gasteiger partial charge on any atom is -0.342 e. The van der Waals surface area contributed by atoms with Crippen LogP contribution in [0.1, 0.15) is 32.6 Å². The lowest BCUT2D eigenvalue weighted by molar-refractivity contribution is -0.135. The van der Waals surface area contributed by atoms with Crippen molar-refractivity contribution in [2.24, 2.45) is 11.7 Å². The van der Waals surface area contributed by atoms with E-state index in [-0.39, 0.29) is 17.9 Å². The fourth-order valence-corrected chi connectivity index (χ4v) is 2.11. The van der Waals surface area contributed by atoms with Gasteiger partial charge >= 0.3 is 0 Å². The van der Waals surface area contributed by atoms with Gasteiger partial charge in [0.15, 0.2) is 0 Å². The van der Waals surface area contributed by atoms with Crippen LogP contribution in [-0.4, -0.2) is 29.9 Å². The van der Waals surface area contributed by atoms with E-state index in [2.05, 4.69) is 6.07 Å². The molecular weight excluding hydrogens is 190 g/mol. The number of carbonyl (C=O) groups is 1. The largest absolute Gasteiger partial charge is 0.342 e. The van der Waals surface area contributed by atoms with Crippen molar-refractivity contribution in [2.45, 2.75) is 38.6 Å². The summed E-state index contributed by atoms with van der Waals surface area (Å²) in [6, 6.07) is 2.26. The van der Waals surface area contributed by atoms with E-state index >= 15 is 0 Å². The van der Waals surface area contributed by atoms with Crippen molar-refractivity contribution < 1.29 is 4.79 Å². The Bertz CT molecular complexity index is 259. The highest BCUT2D eigenvalue weighted by Crippen LogP contribution is 2.25. The number of rotatable bonds is 4. The number of nitrogens with two attached hydrogens (primary N) is 1. The van der Waals surface area contributed by atoms with Crippen LogP contribution in [0.25, 0.3) is 0 Å². The van der Waals surface area contributed by atoms with Crippen molar-refractivity contribution in [3.63, 3.8) is 0 Å². The summed E-state index contributed by atoms with van der Waals surface area (Å²) in [6.45, 7) is 3.19. The summed E-state index contributed by atoms with van der Waals surface area (Å²) in [5.74, 6) is 0.277. The van der Waals surface area contributed by atoms with Crippen molar-refractivity contribution in [1.29, 1.82) is 5.26 Å². The quantitative estimate of drug-likeness (QED) is 0.747. The van der Waals surface area contributed by atoms with Gasteiger partial charge in [0.05, 0.1) is 12.5 Å². The maximum atomic E-state index is 12.0. The lowest BCUT2D eigenvalue weighted by atomic mass is 10.1. The van der Waals surface area contributed by atoms with Crippen LogP contribution in [0.5, 0.6) is 0 Å². The fourth-order valence-electron chi connectivity index (χ4n) is 2.11. The maximum Gasteiger partial charge on any atom is 0.225 e. The van der Waals surface area contributed by atoms with E-state index in [4.69, 9.17) is 11.0 Å². The first-order chi connectivity index (χ1) is 7.19. The van der Waals surface area contributed by atoms with E-state index in [0.29, 0.717) is 19.5 Å². The van der Waals surface area contributed by atoms with Crippen molar-refractivity contribution >= 4 is 5.91 Å². The molecule has 1 fully saturated rings. The molecular formula is C11H19N3O. The van der Waals surface area contributed by atoms with Crippen LogP contribution in [-0.2, 0) is 4.79 Å². The monoisotopic (exact) mass is 209 g/mol. The Balaban J connectivity index is 2.46. The van der Waals surface area contributed by atoms with Gasteiger partial charge in [-0.1, -0.05) is 0 Å². The van der Waals surface area contributed by atoms with Gasteiger partial charge in [-0.2, -0.15) is 5.26 Å².